The van der Waals surface area contributed by atoms with Crippen LogP contribution in [0.5, 0.6) is 0 Å². The second-order valence-corrected chi connectivity index (χ2v) is 1.67. The van der Waals surface area contributed by atoms with Crippen LogP contribution in [0.15, 0.2) is 12.4 Å². The van der Waals surface area contributed by atoms with Crippen molar-refractivity contribution in [3.05, 3.63) is 18.2 Å². The number of rotatable bonds is 1. The van der Waals surface area contributed by atoms with E-state index in [4.69, 9.17) is 5.11 Å². The molecule has 1 heterocycles. The van der Waals surface area contributed by atoms with Crippen LogP contribution in [0.1, 0.15) is 10.6 Å². The van der Waals surface area contributed by atoms with Gasteiger partial charge in [0, 0.05) is 19.4 Å². The fourth-order valence-corrected chi connectivity index (χ4v) is 0.572. The zero-order valence-corrected chi connectivity index (χ0v) is 4.90. The molecule has 1 rings (SSSR count). The van der Waals surface area contributed by atoms with Gasteiger partial charge in [0.1, 0.15) is 0 Å². The average molecular weight is 134 g/mol. The summed E-state index contributed by atoms with van der Waals surface area (Å²) in [7, 11) is 1.64. The first kappa shape index (κ1) is 9.28. The fraction of sp³-hybridized carbons (Fsp3) is 0.200. The summed E-state index contributed by atoms with van der Waals surface area (Å²) >= 11 is 0. The van der Waals surface area contributed by atoms with Crippen molar-refractivity contribution in [2.45, 2.75) is 0 Å². The quantitative estimate of drug-likeness (QED) is 0.525. The Balaban J connectivity index is 0.000000810. The molecule has 0 aliphatic rings. The van der Waals surface area contributed by atoms with Crippen LogP contribution < -0.4 is 0 Å². The molecule has 0 saturated heterocycles. The van der Waals surface area contributed by atoms with E-state index in [2.05, 4.69) is 4.98 Å². The molecule has 1 aromatic heterocycles. The normalized spacial score (nSPS) is 8.50. The van der Waals surface area contributed by atoms with Gasteiger partial charge in [-0.25, -0.2) is 9.78 Å². The molecule has 1 N–H and O–H groups in total. The Hall–Kier alpha value is -0.723. The van der Waals surface area contributed by atoms with E-state index in [9.17, 15) is 4.79 Å². The van der Waals surface area contributed by atoms with Gasteiger partial charge in [-0.15, -0.1) is 0 Å². The van der Waals surface area contributed by atoms with Crippen LogP contribution in [0.3, 0.4) is 0 Å². The average Bonchev–Trinajstić information content (AvgIpc) is 2.13. The summed E-state index contributed by atoms with van der Waals surface area (Å²) in [5.41, 5.74) is 0. The van der Waals surface area contributed by atoms with Crippen molar-refractivity contribution in [2.24, 2.45) is 7.05 Å². The summed E-state index contributed by atoms with van der Waals surface area (Å²) in [4.78, 5) is 13.8. The van der Waals surface area contributed by atoms with Gasteiger partial charge in [-0.3, -0.25) is 0 Å². The van der Waals surface area contributed by atoms with Crippen LogP contribution >= 0.6 is 0 Å². The van der Waals surface area contributed by atoms with Gasteiger partial charge in [0.25, 0.3) is 0 Å². The van der Waals surface area contributed by atoms with Gasteiger partial charge in [-0.05, 0) is 0 Å². The molecule has 0 unspecified atom stereocenters. The topological polar surface area (TPSA) is 55.1 Å². The molecule has 0 bridgehead atoms. The summed E-state index contributed by atoms with van der Waals surface area (Å²) in [6, 6.07) is 0. The number of carboxylic acids is 1. The standard InChI is InChI=1S/C5H6N2O2.Li.H/c1-7-3-2-6-4(7)5(8)9;;/h2-3H,1H3,(H,8,9);;. The molecule has 5 heteroatoms. The van der Waals surface area contributed by atoms with E-state index in [-0.39, 0.29) is 24.7 Å². The molecule has 0 aliphatic heterocycles. The van der Waals surface area contributed by atoms with Crippen molar-refractivity contribution in [2.75, 3.05) is 0 Å². The number of nitrogens with zero attached hydrogens (tertiary/aromatic N) is 2. The molecule has 10 heavy (non-hydrogen) atoms. The molecule has 0 aliphatic carbocycles. The molecule has 0 radical (unpaired) electrons. The molecule has 0 spiro atoms. The third kappa shape index (κ3) is 1.63. The van der Waals surface area contributed by atoms with Crippen molar-refractivity contribution in [1.82, 2.24) is 9.55 Å². The Kier molecular flexibility index (Phi) is 3.20. The summed E-state index contributed by atoms with van der Waals surface area (Å²) in [5, 5.41) is 8.37. The van der Waals surface area contributed by atoms with Crippen LogP contribution in [0.25, 0.3) is 0 Å². The van der Waals surface area contributed by atoms with Gasteiger partial charge >= 0.3 is 24.8 Å². The van der Waals surface area contributed by atoms with Crippen molar-refractivity contribution < 1.29 is 9.90 Å². The van der Waals surface area contributed by atoms with E-state index >= 15 is 0 Å². The molecular formula is C5H7LiN2O2. The second kappa shape index (κ2) is 3.45. The third-order valence-electron chi connectivity index (χ3n) is 1.01. The molecule has 0 amide bonds. The number of imidazole rings is 1. The van der Waals surface area contributed by atoms with Crippen LogP contribution in [0.4, 0.5) is 0 Å². The van der Waals surface area contributed by atoms with E-state index in [1.165, 1.54) is 10.8 Å². The monoisotopic (exact) mass is 134 g/mol. The van der Waals surface area contributed by atoms with Gasteiger partial charge in [0.2, 0.25) is 5.82 Å². The molecule has 0 atom stereocenters. The SMILES string of the molecule is Cn1ccnc1C(=O)O.[LiH]. The number of carboxylic acid groups (broad SMARTS) is 1. The maximum absolute atomic E-state index is 10.2. The molecule has 1 aromatic rings. The van der Waals surface area contributed by atoms with E-state index in [0.717, 1.165) is 0 Å². The minimum atomic E-state index is -0.998. The Bertz CT molecular complexity index is 233. The summed E-state index contributed by atoms with van der Waals surface area (Å²) in [6.45, 7) is 0. The van der Waals surface area contributed by atoms with Gasteiger partial charge in [-0.1, -0.05) is 0 Å². The Morgan fingerprint density at radius 1 is 1.80 bits per heavy atom. The summed E-state index contributed by atoms with van der Waals surface area (Å²) < 4.78 is 1.45. The zero-order valence-electron chi connectivity index (χ0n) is 4.90. The zero-order chi connectivity index (χ0) is 6.85. The van der Waals surface area contributed by atoms with Crippen LogP contribution in [0.2, 0.25) is 0 Å². The first-order valence-corrected chi connectivity index (χ1v) is 2.42. The number of hydrogen-bond acceptors (Lipinski definition) is 2. The Morgan fingerprint density at radius 3 is 2.60 bits per heavy atom. The van der Waals surface area contributed by atoms with Crippen LogP contribution in [0, 0.1) is 0 Å². The molecule has 50 valence electrons. The van der Waals surface area contributed by atoms with Gasteiger partial charge in [0.15, 0.2) is 0 Å². The van der Waals surface area contributed by atoms with E-state index in [0.29, 0.717) is 0 Å². The predicted octanol–water partition coefficient (Wildman–Crippen LogP) is -0.530. The third-order valence-corrected chi connectivity index (χ3v) is 1.01. The van der Waals surface area contributed by atoms with E-state index in [1.54, 1.807) is 13.2 Å². The summed E-state index contributed by atoms with van der Waals surface area (Å²) in [5.74, 6) is -0.933. The fourth-order valence-electron chi connectivity index (χ4n) is 0.572. The molecule has 0 saturated carbocycles. The summed E-state index contributed by atoms with van der Waals surface area (Å²) in [6.07, 6.45) is 3.03. The molecule has 0 aromatic carbocycles. The number of aromatic carboxylic acids is 1. The van der Waals surface area contributed by atoms with Crippen molar-refractivity contribution in [3.63, 3.8) is 0 Å². The van der Waals surface area contributed by atoms with Gasteiger partial charge in [-0.2, -0.15) is 0 Å². The molecular weight excluding hydrogens is 127 g/mol. The number of aromatic nitrogens is 2. The maximum atomic E-state index is 10.2. The number of hydrogen-bond donors (Lipinski definition) is 1. The van der Waals surface area contributed by atoms with Crippen molar-refractivity contribution in [3.8, 4) is 0 Å². The van der Waals surface area contributed by atoms with Crippen molar-refractivity contribution >= 4 is 24.8 Å². The van der Waals surface area contributed by atoms with E-state index < -0.39 is 5.97 Å². The number of carbonyl (C=O) groups is 1. The second-order valence-electron chi connectivity index (χ2n) is 1.67. The first-order valence-electron chi connectivity index (χ1n) is 2.42. The molecule has 4 nitrogen and oxygen atoms in total. The Morgan fingerprint density at radius 2 is 2.40 bits per heavy atom. The predicted molar refractivity (Wildman–Crippen MR) is 37.3 cm³/mol. The van der Waals surface area contributed by atoms with Crippen molar-refractivity contribution in [1.29, 1.82) is 0 Å². The number of aryl methyl sites for hydroxylation is 1. The van der Waals surface area contributed by atoms with E-state index in [1.807, 2.05) is 0 Å². The minimum absolute atomic E-state index is 0. The first-order chi connectivity index (χ1) is 4.22. The van der Waals surface area contributed by atoms with Gasteiger partial charge in [0.05, 0.1) is 0 Å². The Labute approximate surface area is 70.1 Å². The molecule has 0 fully saturated rings. The van der Waals surface area contributed by atoms with Crippen LogP contribution in [-0.4, -0.2) is 39.5 Å². The van der Waals surface area contributed by atoms with Crippen LogP contribution in [-0.2, 0) is 7.05 Å². The van der Waals surface area contributed by atoms with Gasteiger partial charge < -0.3 is 9.67 Å².